The van der Waals surface area contributed by atoms with Gasteiger partial charge in [0.1, 0.15) is 5.75 Å². The lowest BCUT2D eigenvalue weighted by molar-refractivity contribution is -0.114. The van der Waals surface area contributed by atoms with E-state index in [1.165, 1.54) is 23.5 Å². The minimum atomic E-state index is 0.0230. The maximum absolute atomic E-state index is 11.9. The molecule has 0 atom stereocenters. The summed E-state index contributed by atoms with van der Waals surface area (Å²) in [4.78, 5) is 23.8. The maximum atomic E-state index is 11.9. The van der Waals surface area contributed by atoms with Crippen LogP contribution in [0.1, 0.15) is 52.2 Å². The molecule has 0 saturated carbocycles. The summed E-state index contributed by atoms with van der Waals surface area (Å²) in [6, 6.07) is 5.97. The van der Waals surface area contributed by atoms with Crippen molar-refractivity contribution in [3.05, 3.63) is 29.3 Å². The third-order valence-corrected chi connectivity index (χ3v) is 5.76. The Hall–Kier alpha value is -0.940. The van der Waals surface area contributed by atoms with Crippen LogP contribution in [0.2, 0.25) is 0 Å². The number of hydrogen-bond donors (Lipinski definition) is 0. The predicted molar refractivity (Wildman–Crippen MR) is 105 cm³/mol. The van der Waals surface area contributed by atoms with E-state index < -0.39 is 0 Å². The molecule has 0 aliphatic heterocycles. The third kappa shape index (κ3) is 7.31. The highest BCUT2D eigenvalue weighted by molar-refractivity contribution is 8.13. The van der Waals surface area contributed by atoms with Crippen molar-refractivity contribution >= 4 is 33.8 Å². The molecule has 0 spiro atoms. The van der Waals surface area contributed by atoms with Crippen molar-refractivity contribution in [3.63, 3.8) is 0 Å². The topological polar surface area (TPSA) is 43.4 Å². The fourth-order valence-corrected chi connectivity index (χ4v) is 3.63. The summed E-state index contributed by atoms with van der Waals surface area (Å²) in [5.74, 6) is 2.13. The quantitative estimate of drug-likeness (QED) is 0.591. The Morgan fingerprint density at radius 2 is 1.50 bits per heavy atom. The third-order valence-electron chi connectivity index (χ3n) is 3.33. The van der Waals surface area contributed by atoms with Crippen molar-refractivity contribution in [1.82, 2.24) is 0 Å². The van der Waals surface area contributed by atoms with Gasteiger partial charge in [-0.25, -0.2) is 0 Å². The Labute approximate surface area is 154 Å². The normalized spacial score (nSPS) is 11.1. The first-order valence-electron chi connectivity index (χ1n) is 8.43. The fourth-order valence-electron chi connectivity index (χ4n) is 1.82. The van der Waals surface area contributed by atoms with Crippen LogP contribution < -0.4 is 4.74 Å². The summed E-state index contributed by atoms with van der Waals surface area (Å²) in [7, 11) is 0. The molecule has 0 amide bonds. The van der Waals surface area contributed by atoms with Crippen molar-refractivity contribution in [2.24, 2.45) is 11.8 Å². The van der Waals surface area contributed by atoms with Crippen LogP contribution in [-0.2, 0) is 21.1 Å². The van der Waals surface area contributed by atoms with Crippen LogP contribution in [0, 0.1) is 11.8 Å². The molecule has 1 aromatic carbocycles. The average molecular weight is 369 g/mol. The highest BCUT2D eigenvalue weighted by atomic mass is 32.2. The molecule has 1 rings (SSSR count). The molecule has 0 unspecified atom stereocenters. The van der Waals surface area contributed by atoms with Gasteiger partial charge in [0.2, 0.25) is 0 Å². The fraction of sp³-hybridized carbons (Fsp3) is 0.579. The molecule has 0 radical (unpaired) electrons. The van der Waals surface area contributed by atoms with E-state index in [2.05, 4.69) is 6.92 Å². The molecule has 3 nitrogen and oxygen atoms in total. The molecule has 0 bridgehead atoms. The van der Waals surface area contributed by atoms with Crippen LogP contribution in [-0.4, -0.2) is 16.8 Å². The molecule has 24 heavy (non-hydrogen) atoms. The highest BCUT2D eigenvalue weighted by Gasteiger charge is 2.14. The smallest absolute Gasteiger partial charge is 0.191 e. The number of thioether (sulfide) groups is 2. The Bertz CT molecular complexity index is 554. The van der Waals surface area contributed by atoms with Gasteiger partial charge in [0, 0.05) is 23.3 Å². The molecular formula is C19H28O3S2. The van der Waals surface area contributed by atoms with Gasteiger partial charge in [0.05, 0.1) is 6.61 Å². The number of benzene rings is 1. The highest BCUT2D eigenvalue weighted by Crippen LogP contribution is 2.28. The van der Waals surface area contributed by atoms with Gasteiger partial charge < -0.3 is 4.74 Å². The molecule has 0 saturated heterocycles. The van der Waals surface area contributed by atoms with E-state index >= 15 is 0 Å². The van der Waals surface area contributed by atoms with E-state index in [9.17, 15) is 9.59 Å². The van der Waals surface area contributed by atoms with E-state index in [1.807, 2.05) is 45.9 Å². The summed E-state index contributed by atoms with van der Waals surface area (Å²) in [5, 5.41) is 0.380. The zero-order valence-electron chi connectivity index (χ0n) is 15.3. The second-order valence-electron chi connectivity index (χ2n) is 6.30. The first kappa shape index (κ1) is 21.1. The maximum Gasteiger partial charge on any atom is 0.191 e. The molecule has 134 valence electrons. The number of carbonyl (C=O) groups is 2. The van der Waals surface area contributed by atoms with E-state index in [0.717, 1.165) is 23.3 Å². The van der Waals surface area contributed by atoms with Gasteiger partial charge in [-0.1, -0.05) is 64.2 Å². The molecule has 1 aromatic rings. The summed E-state index contributed by atoms with van der Waals surface area (Å²) in [6.45, 7) is 10.4. The monoisotopic (exact) mass is 368 g/mol. The molecule has 0 aliphatic rings. The lowest BCUT2D eigenvalue weighted by atomic mass is 10.1. The molecule has 0 aliphatic carbocycles. The van der Waals surface area contributed by atoms with Crippen LogP contribution >= 0.6 is 23.5 Å². The number of hydrogen-bond acceptors (Lipinski definition) is 5. The van der Waals surface area contributed by atoms with Crippen molar-refractivity contribution in [2.75, 3.05) is 6.61 Å². The first-order valence-corrected chi connectivity index (χ1v) is 10.4. The predicted octanol–water partition coefficient (Wildman–Crippen LogP) is 5.31. The van der Waals surface area contributed by atoms with E-state index in [-0.39, 0.29) is 22.1 Å². The van der Waals surface area contributed by atoms with Crippen LogP contribution in [0.25, 0.3) is 0 Å². The minimum absolute atomic E-state index is 0.0230. The molecule has 5 heteroatoms. The van der Waals surface area contributed by atoms with Crippen molar-refractivity contribution in [1.29, 1.82) is 0 Å². The van der Waals surface area contributed by atoms with Gasteiger partial charge in [0.15, 0.2) is 10.2 Å². The van der Waals surface area contributed by atoms with Gasteiger partial charge in [0.25, 0.3) is 0 Å². The summed E-state index contributed by atoms with van der Waals surface area (Å²) in [6.07, 6.45) is 0.955. The Balaban J connectivity index is 2.86. The van der Waals surface area contributed by atoms with E-state index in [4.69, 9.17) is 4.74 Å². The second kappa shape index (κ2) is 10.8. The summed E-state index contributed by atoms with van der Waals surface area (Å²) < 4.78 is 5.70. The molecule has 0 fully saturated rings. The van der Waals surface area contributed by atoms with Crippen molar-refractivity contribution in [2.45, 2.75) is 52.5 Å². The zero-order valence-corrected chi connectivity index (χ0v) is 16.9. The van der Waals surface area contributed by atoms with Gasteiger partial charge in [-0.2, -0.15) is 0 Å². The Morgan fingerprint density at radius 1 is 0.958 bits per heavy atom. The van der Waals surface area contributed by atoms with Crippen LogP contribution in [0.3, 0.4) is 0 Å². The van der Waals surface area contributed by atoms with Gasteiger partial charge in [-0.3, -0.25) is 9.59 Å². The Morgan fingerprint density at radius 3 is 2.00 bits per heavy atom. The first-order chi connectivity index (χ1) is 11.3. The second-order valence-corrected chi connectivity index (χ2v) is 8.26. The molecule has 0 aromatic heterocycles. The summed E-state index contributed by atoms with van der Waals surface area (Å²) >= 11 is 2.68. The van der Waals surface area contributed by atoms with Crippen LogP contribution in [0.4, 0.5) is 0 Å². The van der Waals surface area contributed by atoms with E-state index in [1.54, 1.807) is 0 Å². The zero-order chi connectivity index (χ0) is 18.1. The van der Waals surface area contributed by atoms with Crippen LogP contribution in [0.15, 0.2) is 18.2 Å². The average Bonchev–Trinajstić information content (AvgIpc) is 2.55. The minimum Gasteiger partial charge on any atom is -0.494 e. The molecular weight excluding hydrogens is 340 g/mol. The lowest BCUT2D eigenvalue weighted by Crippen LogP contribution is -2.05. The largest absolute Gasteiger partial charge is 0.494 e. The van der Waals surface area contributed by atoms with Crippen LogP contribution in [0.5, 0.6) is 5.75 Å². The van der Waals surface area contributed by atoms with Gasteiger partial charge in [-0.05, 0) is 29.7 Å². The molecule has 0 N–H and O–H groups in total. The molecule has 0 heterocycles. The number of carbonyl (C=O) groups excluding carboxylic acids is 2. The van der Waals surface area contributed by atoms with E-state index in [0.29, 0.717) is 18.1 Å². The lowest BCUT2D eigenvalue weighted by Gasteiger charge is -2.13. The van der Waals surface area contributed by atoms with Crippen molar-refractivity contribution in [3.8, 4) is 5.75 Å². The van der Waals surface area contributed by atoms with Gasteiger partial charge >= 0.3 is 0 Å². The standard InChI is InChI=1S/C19H28O3S2/c1-6-9-22-17-8-7-15(11-23-18(20)13(2)3)16(10-17)12-24-19(21)14(4)5/h7-8,10,13-14H,6,9,11-12H2,1-5H3. The Kier molecular flexibility index (Phi) is 9.52. The van der Waals surface area contributed by atoms with Crippen molar-refractivity contribution < 1.29 is 14.3 Å². The van der Waals surface area contributed by atoms with Gasteiger partial charge in [-0.15, -0.1) is 0 Å². The summed E-state index contributed by atoms with van der Waals surface area (Å²) in [5.41, 5.74) is 2.17. The number of ether oxygens (including phenoxy) is 1. The number of rotatable bonds is 9. The SMILES string of the molecule is CCCOc1ccc(CSC(=O)C(C)C)c(CSC(=O)C(C)C)c1.